The van der Waals surface area contributed by atoms with Gasteiger partial charge in [0.05, 0.1) is 32.1 Å². The van der Waals surface area contributed by atoms with Crippen molar-refractivity contribution in [3.63, 3.8) is 0 Å². The summed E-state index contributed by atoms with van der Waals surface area (Å²) in [6.07, 6.45) is 0. The molecule has 0 amide bonds. The normalized spacial score (nSPS) is 10.7. The number of esters is 1. The fraction of sp³-hybridized carbons (Fsp3) is 0.222. The van der Waals surface area contributed by atoms with Gasteiger partial charge in [-0.1, -0.05) is 0 Å². The fourth-order valence-electron chi connectivity index (χ4n) is 2.60. The maximum atomic E-state index is 12.8. The first-order valence-electron chi connectivity index (χ1n) is 7.38. The van der Waals surface area contributed by atoms with E-state index in [-0.39, 0.29) is 33.6 Å². The molecule has 0 spiro atoms. The van der Waals surface area contributed by atoms with Gasteiger partial charge in [-0.05, 0) is 18.2 Å². The van der Waals surface area contributed by atoms with Crippen LogP contribution in [0.5, 0.6) is 23.0 Å². The Labute approximate surface area is 142 Å². The van der Waals surface area contributed by atoms with Crippen LogP contribution in [0, 0.1) is 0 Å². The minimum absolute atomic E-state index is 0.0513. The molecular weight excluding hydrogens is 328 g/mol. The van der Waals surface area contributed by atoms with Gasteiger partial charge in [-0.15, -0.1) is 0 Å². The summed E-state index contributed by atoms with van der Waals surface area (Å²) < 4.78 is 26.8. The van der Waals surface area contributed by atoms with E-state index in [1.165, 1.54) is 34.3 Å². The molecule has 0 aliphatic rings. The van der Waals surface area contributed by atoms with Crippen LogP contribution in [0.15, 0.2) is 33.5 Å². The number of benzene rings is 2. The molecule has 0 saturated heterocycles. The van der Waals surface area contributed by atoms with Crippen LogP contribution < -0.4 is 24.4 Å². The Bertz CT molecular complexity index is 1030. The van der Waals surface area contributed by atoms with Gasteiger partial charge in [-0.3, -0.25) is 9.59 Å². The van der Waals surface area contributed by atoms with Crippen molar-refractivity contribution >= 4 is 27.9 Å². The molecule has 0 N–H and O–H groups in total. The molecule has 0 aliphatic heterocycles. The number of ether oxygens (including phenoxy) is 4. The SMILES string of the molecule is COc1ccc2c(=O)c3cc(OC)c(OC(C)=O)c(OC)c3oc2c1. The Morgan fingerprint density at radius 2 is 1.72 bits per heavy atom. The van der Waals surface area contributed by atoms with Gasteiger partial charge < -0.3 is 23.4 Å². The molecule has 0 atom stereocenters. The van der Waals surface area contributed by atoms with E-state index in [2.05, 4.69) is 0 Å². The van der Waals surface area contributed by atoms with E-state index in [4.69, 9.17) is 23.4 Å². The van der Waals surface area contributed by atoms with E-state index < -0.39 is 5.97 Å². The van der Waals surface area contributed by atoms with Crippen molar-refractivity contribution in [1.82, 2.24) is 0 Å². The van der Waals surface area contributed by atoms with E-state index >= 15 is 0 Å². The zero-order valence-electron chi connectivity index (χ0n) is 14.2. The third kappa shape index (κ3) is 2.73. The lowest BCUT2D eigenvalue weighted by atomic mass is 10.1. The summed E-state index contributed by atoms with van der Waals surface area (Å²) in [5, 5.41) is 0.639. The molecule has 0 aliphatic carbocycles. The average molecular weight is 344 g/mol. The van der Waals surface area contributed by atoms with Crippen LogP contribution in [0.3, 0.4) is 0 Å². The Morgan fingerprint density at radius 1 is 0.960 bits per heavy atom. The quantitative estimate of drug-likeness (QED) is 0.409. The molecular formula is C18H16O7. The van der Waals surface area contributed by atoms with Crippen LogP contribution in [-0.4, -0.2) is 27.3 Å². The van der Waals surface area contributed by atoms with Crippen molar-refractivity contribution in [2.45, 2.75) is 6.92 Å². The largest absolute Gasteiger partial charge is 0.497 e. The highest BCUT2D eigenvalue weighted by Gasteiger charge is 2.23. The van der Waals surface area contributed by atoms with Gasteiger partial charge in [-0.2, -0.15) is 0 Å². The molecule has 25 heavy (non-hydrogen) atoms. The molecule has 7 nitrogen and oxygen atoms in total. The van der Waals surface area contributed by atoms with Crippen molar-refractivity contribution < 1.29 is 28.2 Å². The zero-order valence-corrected chi connectivity index (χ0v) is 14.2. The van der Waals surface area contributed by atoms with E-state index in [1.54, 1.807) is 18.2 Å². The van der Waals surface area contributed by atoms with Gasteiger partial charge in [0.15, 0.2) is 11.3 Å². The standard InChI is InChI=1S/C18H16O7/c1-9(19)24-17-14(22-3)8-12-15(20)11-6-5-10(21-2)7-13(11)25-16(12)18(17)23-4/h5-8H,1-4H3. The van der Waals surface area contributed by atoms with Crippen molar-refractivity contribution in [2.24, 2.45) is 0 Å². The minimum atomic E-state index is -0.555. The number of methoxy groups -OCH3 is 3. The Morgan fingerprint density at radius 3 is 2.32 bits per heavy atom. The van der Waals surface area contributed by atoms with E-state index in [1.807, 2.05) is 0 Å². The third-order valence-corrected chi connectivity index (χ3v) is 3.72. The number of carbonyl (C=O) groups excluding carboxylic acids is 1. The molecule has 2 aromatic carbocycles. The van der Waals surface area contributed by atoms with Gasteiger partial charge in [0.25, 0.3) is 0 Å². The maximum Gasteiger partial charge on any atom is 0.308 e. The van der Waals surface area contributed by atoms with Gasteiger partial charge in [-0.25, -0.2) is 0 Å². The number of rotatable bonds is 4. The number of fused-ring (bicyclic) bond motifs is 2. The lowest BCUT2D eigenvalue weighted by Gasteiger charge is -2.14. The first kappa shape index (κ1) is 16.6. The summed E-state index contributed by atoms with van der Waals surface area (Å²) >= 11 is 0. The smallest absolute Gasteiger partial charge is 0.308 e. The maximum absolute atomic E-state index is 12.8. The van der Waals surface area contributed by atoms with Crippen molar-refractivity contribution in [3.05, 3.63) is 34.5 Å². The van der Waals surface area contributed by atoms with Crippen molar-refractivity contribution in [2.75, 3.05) is 21.3 Å². The van der Waals surface area contributed by atoms with Gasteiger partial charge in [0.2, 0.25) is 16.9 Å². The fourth-order valence-corrected chi connectivity index (χ4v) is 2.60. The summed E-state index contributed by atoms with van der Waals surface area (Å²) in [6.45, 7) is 1.25. The first-order valence-corrected chi connectivity index (χ1v) is 7.38. The molecule has 3 aromatic rings. The molecule has 1 aromatic heterocycles. The molecule has 0 unspecified atom stereocenters. The van der Waals surface area contributed by atoms with Crippen LogP contribution in [0.4, 0.5) is 0 Å². The summed E-state index contributed by atoms with van der Waals surface area (Å²) in [7, 11) is 4.31. The molecule has 130 valence electrons. The summed E-state index contributed by atoms with van der Waals surface area (Å²) in [6, 6.07) is 6.36. The second-order valence-electron chi connectivity index (χ2n) is 5.20. The number of carbonyl (C=O) groups is 1. The number of hydrogen-bond acceptors (Lipinski definition) is 7. The highest BCUT2D eigenvalue weighted by atomic mass is 16.6. The second kappa shape index (κ2) is 6.35. The van der Waals surface area contributed by atoms with Gasteiger partial charge >= 0.3 is 5.97 Å². The van der Waals surface area contributed by atoms with E-state index in [0.29, 0.717) is 16.7 Å². The summed E-state index contributed by atoms with van der Waals surface area (Å²) in [5.41, 5.74) is 0.226. The lowest BCUT2D eigenvalue weighted by molar-refractivity contribution is -0.132. The van der Waals surface area contributed by atoms with Crippen molar-refractivity contribution in [1.29, 1.82) is 0 Å². The van der Waals surface area contributed by atoms with Crippen LogP contribution in [0.25, 0.3) is 21.9 Å². The van der Waals surface area contributed by atoms with Crippen LogP contribution in [0.1, 0.15) is 6.92 Å². The Kier molecular flexibility index (Phi) is 4.22. The van der Waals surface area contributed by atoms with Gasteiger partial charge in [0.1, 0.15) is 11.3 Å². The topological polar surface area (TPSA) is 84.2 Å². The third-order valence-electron chi connectivity index (χ3n) is 3.72. The van der Waals surface area contributed by atoms with E-state index in [9.17, 15) is 9.59 Å². The minimum Gasteiger partial charge on any atom is -0.497 e. The van der Waals surface area contributed by atoms with Crippen LogP contribution in [0.2, 0.25) is 0 Å². The predicted octanol–water partition coefficient (Wildman–Crippen LogP) is 2.90. The summed E-state index contributed by atoms with van der Waals surface area (Å²) in [5.74, 6) is 0.338. The molecule has 3 rings (SSSR count). The Hall–Kier alpha value is -3.22. The predicted molar refractivity (Wildman–Crippen MR) is 91.0 cm³/mol. The van der Waals surface area contributed by atoms with Crippen molar-refractivity contribution in [3.8, 4) is 23.0 Å². The summed E-state index contributed by atoms with van der Waals surface area (Å²) in [4.78, 5) is 24.2. The highest BCUT2D eigenvalue weighted by Crippen LogP contribution is 2.43. The lowest BCUT2D eigenvalue weighted by Crippen LogP contribution is -2.08. The molecule has 0 fully saturated rings. The molecule has 0 radical (unpaired) electrons. The monoisotopic (exact) mass is 344 g/mol. The number of hydrogen-bond donors (Lipinski definition) is 0. The average Bonchev–Trinajstić information content (AvgIpc) is 2.60. The molecule has 0 saturated carbocycles. The highest BCUT2D eigenvalue weighted by molar-refractivity contribution is 5.96. The van der Waals surface area contributed by atoms with Gasteiger partial charge in [0, 0.05) is 13.0 Å². The molecule has 0 bridgehead atoms. The van der Waals surface area contributed by atoms with Crippen LogP contribution in [-0.2, 0) is 4.79 Å². The first-order chi connectivity index (χ1) is 12.0. The Balaban J connectivity index is 2.46. The zero-order chi connectivity index (χ0) is 18.1. The van der Waals surface area contributed by atoms with E-state index in [0.717, 1.165) is 0 Å². The molecule has 7 heteroatoms. The van der Waals surface area contributed by atoms with Crippen LogP contribution >= 0.6 is 0 Å². The molecule has 1 heterocycles. The second-order valence-corrected chi connectivity index (χ2v) is 5.20.